The van der Waals surface area contributed by atoms with Crippen LogP contribution in [0, 0.1) is 6.92 Å². The van der Waals surface area contributed by atoms with Crippen molar-refractivity contribution in [3.05, 3.63) is 71.8 Å². The molecule has 0 fully saturated rings. The third kappa shape index (κ3) is 4.19. The van der Waals surface area contributed by atoms with Crippen molar-refractivity contribution >= 4 is 17.7 Å². The summed E-state index contributed by atoms with van der Waals surface area (Å²) in [4.78, 5) is 11.9. The van der Waals surface area contributed by atoms with E-state index in [1.807, 2.05) is 25.5 Å². The Hall–Kier alpha value is -3.15. The SMILES string of the molecule is Cc1cccc(Cn2cc(NC(=O)/C=C/c3cnn(C)c3)cn2)c1. The third-order valence-corrected chi connectivity index (χ3v) is 3.48. The standard InChI is InChI=1S/C18H19N5O/c1-14-4-3-5-15(8-14)12-23-13-17(10-20-23)21-18(24)7-6-16-9-19-22(2)11-16/h3-11,13H,12H2,1-2H3,(H,21,24)/b7-6+. The molecule has 0 saturated heterocycles. The highest BCUT2D eigenvalue weighted by Crippen LogP contribution is 2.10. The largest absolute Gasteiger partial charge is 0.320 e. The van der Waals surface area contributed by atoms with Crippen molar-refractivity contribution in [2.45, 2.75) is 13.5 Å². The molecular formula is C18H19N5O. The summed E-state index contributed by atoms with van der Waals surface area (Å²) in [6, 6.07) is 8.27. The molecule has 122 valence electrons. The van der Waals surface area contributed by atoms with Crippen molar-refractivity contribution < 1.29 is 4.79 Å². The summed E-state index contributed by atoms with van der Waals surface area (Å²) < 4.78 is 3.49. The number of rotatable bonds is 5. The second-order valence-electron chi connectivity index (χ2n) is 5.69. The molecule has 1 aromatic carbocycles. The van der Waals surface area contributed by atoms with Crippen LogP contribution in [0.2, 0.25) is 0 Å². The molecule has 1 amide bonds. The first-order chi connectivity index (χ1) is 11.6. The quantitative estimate of drug-likeness (QED) is 0.735. The fourth-order valence-corrected chi connectivity index (χ4v) is 2.39. The van der Waals surface area contributed by atoms with Gasteiger partial charge in [0.25, 0.3) is 0 Å². The number of anilines is 1. The molecule has 2 heterocycles. The van der Waals surface area contributed by atoms with Gasteiger partial charge >= 0.3 is 0 Å². The van der Waals surface area contributed by atoms with Crippen molar-refractivity contribution in [2.75, 3.05) is 5.32 Å². The van der Waals surface area contributed by atoms with Crippen LogP contribution in [0.15, 0.2) is 55.1 Å². The van der Waals surface area contributed by atoms with Crippen molar-refractivity contribution in [3.63, 3.8) is 0 Å². The van der Waals surface area contributed by atoms with Gasteiger partial charge < -0.3 is 5.32 Å². The van der Waals surface area contributed by atoms with E-state index in [2.05, 4.69) is 40.6 Å². The van der Waals surface area contributed by atoms with Crippen LogP contribution in [0.4, 0.5) is 5.69 Å². The Balaban J connectivity index is 1.59. The van der Waals surface area contributed by atoms with Crippen LogP contribution in [0.3, 0.4) is 0 Å². The van der Waals surface area contributed by atoms with Crippen LogP contribution < -0.4 is 5.32 Å². The average molecular weight is 321 g/mol. The van der Waals surface area contributed by atoms with Gasteiger partial charge in [-0.15, -0.1) is 0 Å². The number of carbonyl (C=O) groups is 1. The van der Waals surface area contributed by atoms with Gasteiger partial charge in [-0.1, -0.05) is 29.8 Å². The molecule has 6 nitrogen and oxygen atoms in total. The Morgan fingerprint density at radius 2 is 2.12 bits per heavy atom. The molecule has 0 unspecified atom stereocenters. The van der Waals surface area contributed by atoms with Gasteiger partial charge in [-0.05, 0) is 18.6 Å². The molecule has 0 aliphatic carbocycles. The summed E-state index contributed by atoms with van der Waals surface area (Å²) in [5.74, 6) is -0.200. The van der Waals surface area contributed by atoms with Crippen LogP contribution in [0.5, 0.6) is 0 Å². The summed E-state index contributed by atoms with van der Waals surface area (Å²) >= 11 is 0. The van der Waals surface area contributed by atoms with Crippen molar-refractivity contribution in [3.8, 4) is 0 Å². The number of nitrogens with zero attached hydrogens (tertiary/aromatic N) is 4. The van der Waals surface area contributed by atoms with Gasteiger partial charge in [0.15, 0.2) is 0 Å². The van der Waals surface area contributed by atoms with Gasteiger partial charge in [-0.2, -0.15) is 10.2 Å². The highest BCUT2D eigenvalue weighted by atomic mass is 16.1. The number of aryl methyl sites for hydroxylation is 2. The molecule has 3 aromatic rings. The number of hydrogen-bond donors (Lipinski definition) is 1. The Kier molecular flexibility index (Phi) is 4.56. The summed E-state index contributed by atoms with van der Waals surface area (Å²) in [7, 11) is 1.83. The minimum absolute atomic E-state index is 0.200. The maximum absolute atomic E-state index is 11.9. The number of carbonyl (C=O) groups excluding carboxylic acids is 1. The number of benzene rings is 1. The molecule has 0 bridgehead atoms. The first kappa shape index (κ1) is 15.7. The third-order valence-electron chi connectivity index (χ3n) is 3.48. The molecule has 24 heavy (non-hydrogen) atoms. The lowest BCUT2D eigenvalue weighted by Crippen LogP contribution is -2.07. The zero-order valence-corrected chi connectivity index (χ0v) is 13.7. The Bertz CT molecular complexity index is 875. The molecule has 0 aliphatic heterocycles. The highest BCUT2D eigenvalue weighted by molar-refractivity contribution is 6.01. The van der Waals surface area contributed by atoms with Gasteiger partial charge in [0, 0.05) is 31.1 Å². The number of amides is 1. The average Bonchev–Trinajstić information content (AvgIpc) is 3.14. The maximum atomic E-state index is 11.9. The van der Waals surface area contributed by atoms with Crippen LogP contribution in [-0.2, 0) is 18.4 Å². The van der Waals surface area contributed by atoms with E-state index in [4.69, 9.17) is 0 Å². The Morgan fingerprint density at radius 1 is 1.25 bits per heavy atom. The molecule has 0 spiro atoms. The highest BCUT2D eigenvalue weighted by Gasteiger charge is 2.03. The fourth-order valence-electron chi connectivity index (χ4n) is 2.39. The minimum atomic E-state index is -0.200. The predicted molar refractivity (Wildman–Crippen MR) is 93.4 cm³/mol. The lowest BCUT2D eigenvalue weighted by atomic mass is 10.1. The van der Waals surface area contributed by atoms with E-state index in [1.54, 1.807) is 27.8 Å². The molecule has 0 saturated carbocycles. The zero-order valence-electron chi connectivity index (χ0n) is 13.7. The summed E-state index contributed by atoms with van der Waals surface area (Å²) in [6.45, 7) is 2.73. The molecule has 0 atom stereocenters. The van der Waals surface area contributed by atoms with Crippen molar-refractivity contribution in [1.82, 2.24) is 19.6 Å². The van der Waals surface area contributed by atoms with Gasteiger partial charge in [0.2, 0.25) is 5.91 Å². The van der Waals surface area contributed by atoms with Gasteiger partial charge in [0.05, 0.1) is 24.6 Å². The van der Waals surface area contributed by atoms with Crippen molar-refractivity contribution in [2.24, 2.45) is 7.05 Å². The van der Waals surface area contributed by atoms with Crippen LogP contribution in [-0.4, -0.2) is 25.5 Å². The second-order valence-corrected chi connectivity index (χ2v) is 5.69. The topological polar surface area (TPSA) is 64.7 Å². The van der Waals surface area contributed by atoms with E-state index in [0.717, 1.165) is 5.56 Å². The molecule has 1 N–H and O–H groups in total. The molecule has 0 radical (unpaired) electrons. The molecule has 3 rings (SSSR count). The summed E-state index contributed by atoms with van der Waals surface area (Å²) in [5, 5.41) is 11.1. The fraction of sp³-hybridized carbons (Fsp3) is 0.167. The molecule has 6 heteroatoms. The van der Waals surface area contributed by atoms with Crippen LogP contribution >= 0.6 is 0 Å². The summed E-state index contributed by atoms with van der Waals surface area (Å²) in [6.07, 6.45) is 10.2. The van der Waals surface area contributed by atoms with Crippen LogP contribution in [0.25, 0.3) is 6.08 Å². The molecule has 2 aromatic heterocycles. The lowest BCUT2D eigenvalue weighted by Gasteiger charge is -2.02. The molecular weight excluding hydrogens is 302 g/mol. The first-order valence-corrected chi connectivity index (χ1v) is 7.64. The first-order valence-electron chi connectivity index (χ1n) is 7.64. The van der Waals surface area contributed by atoms with Crippen molar-refractivity contribution in [1.29, 1.82) is 0 Å². The van der Waals surface area contributed by atoms with Gasteiger partial charge in [-0.3, -0.25) is 14.2 Å². The minimum Gasteiger partial charge on any atom is -0.320 e. The van der Waals surface area contributed by atoms with E-state index >= 15 is 0 Å². The van der Waals surface area contributed by atoms with E-state index in [1.165, 1.54) is 17.2 Å². The van der Waals surface area contributed by atoms with E-state index < -0.39 is 0 Å². The van der Waals surface area contributed by atoms with E-state index in [9.17, 15) is 4.79 Å². The Labute approximate surface area is 140 Å². The summed E-state index contributed by atoms with van der Waals surface area (Å²) in [5.41, 5.74) is 3.94. The normalized spacial score (nSPS) is 11.1. The van der Waals surface area contributed by atoms with Gasteiger partial charge in [0.1, 0.15) is 0 Å². The number of hydrogen-bond acceptors (Lipinski definition) is 3. The second kappa shape index (κ2) is 6.95. The maximum Gasteiger partial charge on any atom is 0.248 e. The monoisotopic (exact) mass is 321 g/mol. The van der Waals surface area contributed by atoms with Crippen LogP contribution in [0.1, 0.15) is 16.7 Å². The smallest absolute Gasteiger partial charge is 0.248 e. The predicted octanol–water partition coefficient (Wildman–Crippen LogP) is 2.63. The zero-order chi connectivity index (χ0) is 16.9. The number of nitrogens with one attached hydrogen (secondary N) is 1. The van der Waals surface area contributed by atoms with E-state index in [-0.39, 0.29) is 5.91 Å². The van der Waals surface area contributed by atoms with Gasteiger partial charge in [-0.25, -0.2) is 0 Å². The van der Waals surface area contributed by atoms with E-state index in [0.29, 0.717) is 12.2 Å². The Morgan fingerprint density at radius 3 is 2.88 bits per heavy atom. The number of aromatic nitrogens is 4. The molecule has 0 aliphatic rings. The lowest BCUT2D eigenvalue weighted by molar-refractivity contribution is -0.111.